The van der Waals surface area contributed by atoms with Gasteiger partial charge in [0, 0.05) is 13.1 Å². The highest BCUT2D eigenvalue weighted by Crippen LogP contribution is 2.13. The molecule has 0 saturated heterocycles. The third kappa shape index (κ3) is 11.7. The van der Waals surface area contributed by atoms with E-state index >= 15 is 0 Å². The molecule has 0 aromatic heterocycles. The summed E-state index contributed by atoms with van der Waals surface area (Å²) in [4.78, 5) is 12.7. The molecular weight excluding hydrogens is 504 g/mol. The van der Waals surface area contributed by atoms with E-state index in [1.54, 1.807) is 7.11 Å². The molecule has 36 heavy (non-hydrogen) atoms. The Kier molecular flexibility index (Phi) is 14.0. The van der Waals surface area contributed by atoms with Crippen molar-refractivity contribution in [3.63, 3.8) is 0 Å². The van der Waals surface area contributed by atoms with E-state index < -0.39 is 39.7 Å². The number of hydrogen-bond acceptors (Lipinski definition) is 7. The summed E-state index contributed by atoms with van der Waals surface area (Å²) in [6.45, 7) is 4.49. The maximum absolute atomic E-state index is 12.7. The van der Waals surface area contributed by atoms with Crippen molar-refractivity contribution in [2.45, 2.75) is 51.5 Å². The minimum atomic E-state index is -3.58. The van der Waals surface area contributed by atoms with Gasteiger partial charge in [0.05, 0.1) is 30.8 Å². The number of aliphatic hydroxyl groups is 2. The summed E-state index contributed by atoms with van der Waals surface area (Å²) < 4.78 is 29.8. The van der Waals surface area contributed by atoms with E-state index in [0.29, 0.717) is 19.4 Å². The molecule has 2 aromatic rings. The molecule has 2 rings (SSSR count). The van der Waals surface area contributed by atoms with Crippen LogP contribution >= 0.6 is 12.4 Å². The van der Waals surface area contributed by atoms with Gasteiger partial charge in [-0.1, -0.05) is 56.3 Å². The molecule has 0 saturated carbocycles. The number of carbonyl (C=O) groups excluding carboxylic acids is 1. The molecular formula is C26H39ClN2O6S. The number of rotatable bonds is 15. The molecule has 1 unspecified atom stereocenters. The van der Waals surface area contributed by atoms with Gasteiger partial charge in [-0.15, -0.1) is 12.4 Å². The molecule has 8 nitrogen and oxygen atoms in total. The number of nitrogens with one attached hydrogen (secondary N) is 2. The van der Waals surface area contributed by atoms with Crippen LogP contribution in [0.3, 0.4) is 0 Å². The van der Waals surface area contributed by atoms with Gasteiger partial charge in [0.1, 0.15) is 11.9 Å². The highest BCUT2D eigenvalue weighted by Gasteiger charge is 2.28. The Hall–Kier alpha value is -2.17. The van der Waals surface area contributed by atoms with Gasteiger partial charge in [-0.2, -0.15) is 0 Å². The second-order valence-electron chi connectivity index (χ2n) is 9.17. The fourth-order valence-electron chi connectivity index (χ4n) is 3.53. The van der Waals surface area contributed by atoms with E-state index in [9.17, 15) is 23.4 Å². The lowest BCUT2D eigenvalue weighted by Crippen LogP contribution is -2.52. The zero-order valence-corrected chi connectivity index (χ0v) is 22.7. The van der Waals surface area contributed by atoms with Crippen molar-refractivity contribution in [2.24, 2.45) is 5.92 Å². The lowest BCUT2D eigenvalue weighted by molar-refractivity contribution is -0.129. The number of methoxy groups -OCH3 is 1. The van der Waals surface area contributed by atoms with Crippen molar-refractivity contribution < 1.29 is 28.2 Å². The number of amides is 1. The van der Waals surface area contributed by atoms with Gasteiger partial charge >= 0.3 is 0 Å². The highest BCUT2D eigenvalue weighted by atomic mass is 35.5. The Morgan fingerprint density at radius 1 is 1.03 bits per heavy atom. The lowest BCUT2D eigenvalue weighted by Gasteiger charge is -2.26. The molecule has 0 aliphatic rings. The van der Waals surface area contributed by atoms with E-state index in [-0.39, 0.29) is 30.6 Å². The average Bonchev–Trinajstić information content (AvgIpc) is 2.82. The first-order valence-corrected chi connectivity index (χ1v) is 13.7. The van der Waals surface area contributed by atoms with E-state index in [0.717, 1.165) is 16.9 Å². The zero-order chi connectivity index (χ0) is 25.8. The van der Waals surface area contributed by atoms with Crippen LogP contribution < -0.4 is 15.4 Å². The van der Waals surface area contributed by atoms with Crippen molar-refractivity contribution in [1.82, 2.24) is 10.6 Å². The molecule has 1 amide bonds. The van der Waals surface area contributed by atoms with Crippen LogP contribution in [0.1, 0.15) is 31.4 Å². The second kappa shape index (κ2) is 15.8. The molecule has 10 heteroatoms. The first kappa shape index (κ1) is 31.9. The van der Waals surface area contributed by atoms with Crippen LogP contribution in [0.15, 0.2) is 54.6 Å². The topological polar surface area (TPSA) is 125 Å². The number of aliphatic hydroxyl groups excluding tert-OH is 2. The summed E-state index contributed by atoms with van der Waals surface area (Å²) in [6, 6.07) is 16.2. The molecule has 4 N–H and O–H groups in total. The molecule has 0 aliphatic carbocycles. The van der Waals surface area contributed by atoms with Gasteiger partial charge in [-0.25, -0.2) is 8.42 Å². The molecule has 3 atom stereocenters. The maximum Gasteiger partial charge on any atom is 0.250 e. The summed E-state index contributed by atoms with van der Waals surface area (Å²) >= 11 is 0. The fourth-order valence-corrected chi connectivity index (χ4v) is 5.16. The van der Waals surface area contributed by atoms with Crippen LogP contribution in [0.2, 0.25) is 0 Å². The molecule has 0 radical (unpaired) electrons. The van der Waals surface area contributed by atoms with Crippen LogP contribution in [-0.4, -0.2) is 67.9 Å². The second-order valence-corrected chi connectivity index (χ2v) is 11.4. The molecule has 0 bridgehead atoms. The van der Waals surface area contributed by atoms with Crippen LogP contribution in [0.25, 0.3) is 0 Å². The minimum absolute atomic E-state index is 0. The van der Waals surface area contributed by atoms with Gasteiger partial charge in [0.25, 0.3) is 0 Å². The minimum Gasteiger partial charge on any atom is -0.497 e. The largest absolute Gasteiger partial charge is 0.497 e. The number of sulfone groups is 1. The Morgan fingerprint density at radius 2 is 1.69 bits per heavy atom. The van der Waals surface area contributed by atoms with Gasteiger partial charge in [-0.3, -0.25) is 4.79 Å². The summed E-state index contributed by atoms with van der Waals surface area (Å²) in [6.07, 6.45) is -1.90. The molecule has 0 fully saturated rings. The number of benzene rings is 2. The van der Waals surface area contributed by atoms with E-state index in [2.05, 4.69) is 10.6 Å². The third-order valence-electron chi connectivity index (χ3n) is 5.63. The van der Waals surface area contributed by atoms with E-state index in [4.69, 9.17) is 4.74 Å². The van der Waals surface area contributed by atoms with Crippen molar-refractivity contribution in [3.05, 3.63) is 65.7 Å². The van der Waals surface area contributed by atoms with E-state index in [1.165, 1.54) is 0 Å². The number of halogens is 1. The molecule has 0 heterocycles. The standard InChI is InChI=1S/C26H38N2O6S.ClH/c1-19(2)12-13-35(32,33)18-25(30)26(31)28-23(15-20-8-5-4-6-9-20)24(29)17-27-16-21-10-7-11-22(14-21)34-3;/h4-11,14,19,23-25,27,29-30H,12-13,15-18H2,1-3H3,(H,28,31);1H/t23-,24+,25?;/m0./s1. The average molecular weight is 543 g/mol. The maximum atomic E-state index is 12.7. The van der Waals surface area contributed by atoms with Crippen LogP contribution in [0.4, 0.5) is 0 Å². The van der Waals surface area contributed by atoms with Crippen molar-refractivity contribution in [2.75, 3.05) is 25.2 Å². The van der Waals surface area contributed by atoms with E-state index in [1.807, 2.05) is 68.4 Å². The van der Waals surface area contributed by atoms with Crippen LogP contribution in [0, 0.1) is 5.92 Å². The van der Waals surface area contributed by atoms with Crippen LogP contribution in [-0.2, 0) is 27.6 Å². The number of ether oxygens (including phenoxy) is 1. The number of carbonyl (C=O) groups is 1. The Bertz CT molecular complexity index is 1020. The Balaban J connectivity index is 0.00000648. The lowest BCUT2D eigenvalue weighted by atomic mass is 10.0. The van der Waals surface area contributed by atoms with Crippen LogP contribution in [0.5, 0.6) is 5.75 Å². The van der Waals surface area contributed by atoms with Gasteiger partial charge in [0.15, 0.2) is 9.84 Å². The normalized spacial score (nSPS) is 13.9. The summed E-state index contributed by atoms with van der Waals surface area (Å²) in [5.74, 6) is -0.611. The van der Waals surface area contributed by atoms with Gasteiger partial charge < -0.3 is 25.6 Å². The fraction of sp³-hybridized carbons (Fsp3) is 0.500. The zero-order valence-electron chi connectivity index (χ0n) is 21.1. The predicted molar refractivity (Wildman–Crippen MR) is 144 cm³/mol. The first-order valence-electron chi connectivity index (χ1n) is 11.8. The molecule has 202 valence electrons. The molecule has 0 aliphatic heterocycles. The Morgan fingerprint density at radius 3 is 2.33 bits per heavy atom. The van der Waals surface area contributed by atoms with Crippen molar-refractivity contribution in [3.8, 4) is 5.75 Å². The monoisotopic (exact) mass is 542 g/mol. The summed E-state index contributed by atoms with van der Waals surface area (Å²) in [5, 5.41) is 27.0. The molecule has 2 aromatic carbocycles. The van der Waals surface area contributed by atoms with Crippen molar-refractivity contribution >= 4 is 28.2 Å². The van der Waals surface area contributed by atoms with Gasteiger partial charge in [0.2, 0.25) is 5.91 Å². The predicted octanol–water partition coefficient (Wildman–Crippen LogP) is 2.12. The quantitative estimate of drug-likeness (QED) is 0.272. The third-order valence-corrected chi connectivity index (χ3v) is 7.31. The molecule has 0 spiro atoms. The first-order chi connectivity index (χ1) is 16.6. The number of hydrogen-bond donors (Lipinski definition) is 4. The SMILES string of the molecule is COc1cccc(CNC[C@@H](O)[C@H](Cc2ccccc2)NC(=O)C(O)CS(=O)(=O)CCC(C)C)c1.Cl. The van der Waals surface area contributed by atoms with Crippen molar-refractivity contribution in [1.29, 1.82) is 0 Å². The summed E-state index contributed by atoms with van der Waals surface area (Å²) in [5.41, 5.74) is 1.87. The Labute approximate surface area is 220 Å². The summed E-state index contributed by atoms with van der Waals surface area (Å²) in [7, 11) is -1.99. The highest BCUT2D eigenvalue weighted by molar-refractivity contribution is 7.91. The van der Waals surface area contributed by atoms with Gasteiger partial charge in [-0.05, 0) is 42.0 Å². The smallest absolute Gasteiger partial charge is 0.250 e.